The molecule has 2 aliphatic carbocycles. The summed E-state index contributed by atoms with van der Waals surface area (Å²) in [4.78, 5) is 0. The largest absolute Gasteiger partial charge is 0.0945 e. The molecule has 0 saturated heterocycles. The van der Waals surface area contributed by atoms with E-state index in [1.54, 1.807) is 0 Å². The van der Waals surface area contributed by atoms with Crippen LogP contribution in [0.1, 0.15) is 76.3 Å². The van der Waals surface area contributed by atoms with Crippen molar-refractivity contribution in [3.63, 3.8) is 0 Å². The van der Waals surface area contributed by atoms with Gasteiger partial charge in [-0.2, -0.15) is 0 Å². The molecule has 0 unspecified atom stereocenters. The van der Waals surface area contributed by atoms with Crippen molar-refractivity contribution in [2.45, 2.75) is 71.6 Å². The fourth-order valence-electron chi connectivity index (χ4n) is 4.18. The third-order valence-electron chi connectivity index (χ3n) is 6.05. The van der Waals surface area contributed by atoms with Gasteiger partial charge in [-0.05, 0) is 80.4 Å². The molecular weight excluding hydrogens is 276 g/mol. The second kappa shape index (κ2) is 8.05. The summed E-state index contributed by atoms with van der Waals surface area (Å²) in [5, 5.41) is 0. The van der Waals surface area contributed by atoms with E-state index in [-0.39, 0.29) is 0 Å². The van der Waals surface area contributed by atoms with Gasteiger partial charge in [0, 0.05) is 11.5 Å². The maximum atomic E-state index is 3.51. The molecule has 0 amide bonds. The lowest BCUT2D eigenvalue weighted by molar-refractivity contribution is 0.289. The zero-order valence-corrected chi connectivity index (χ0v) is 15.0. The van der Waals surface area contributed by atoms with E-state index in [2.05, 4.69) is 50.0 Å². The summed E-state index contributed by atoms with van der Waals surface area (Å²) >= 11 is 0. The maximum Gasteiger partial charge on any atom is 0.0245 e. The molecule has 0 heterocycles. The summed E-state index contributed by atoms with van der Waals surface area (Å²) in [6.45, 7) is 4.77. The van der Waals surface area contributed by atoms with Gasteiger partial charge in [-0.15, -0.1) is 0 Å². The fourth-order valence-corrected chi connectivity index (χ4v) is 4.18. The third-order valence-corrected chi connectivity index (χ3v) is 6.05. The minimum Gasteiger partial charge on any atom is -0.0945 e. The van der Waals surface area contributed by atoms with Crippen LogP contribution in [-0.4, -0.2) is 0 Å². The number of benzene rings is 1. The van der Waals surface area contributed by atoms with Gasteiger partial charge in [0.15, 0.2) is 0 Å². The first-order valence-corrected chi connectivity index (χ1v) is 9.79. The Hall–Kier alpha value is -1.22. The van der Waals surface area contributed by atoms with E-state index >= 15 is 0 Å². The minimum atomic E-state index is 0.634. The Labute approximate surface area is 143 Å². The number of hydrogen-bond donors (Lipinski definition) is 0. The Bertz CT molecular complexity index is 526. The zero-order valence-electron chi connectivity index (χ0n) is 15.0. The summed E-state index contributed by atoms with van der Waals surface area (Å²) in [6, 6.07) is 9.09. The molecule has 0 atom stereocenters. The monoisotopic (exact) mass is 308 g/mol. The van der Waals surface area contributed by atoms with Gasteiger partial charge in [-0.1, -0.05) is 50.7 Å². The highest BCUT2D eigenvalue weighted by atomic mass is 14.2. The highest BCUT2D eigenvalue weighted by Crippen LogP contribution is 2.30. The Morgan fingerprint density at radius 3 is 1.96 bits per heavy atom. The maximum absolute atomic E-state index is 3.51. The van der Waals surface area contributed by atoms with Gasteiger partial charge >= 0.3 is 0 Å². The third kappa shape index (κ3) is 5.13. The lowest BCUT2D eigenvalue weighted by Gasteiger charge is -2.26. The predicted molar refractivity (Wildman–Crippen MR) is 99.3 cm³/mol. The van der Waals surface area contributed by atoms with Crippen LogP contribution in [0.5, 0.6) is 0 Å². The molecule has 23 heavy (non-hydrogen) atoms. The van der Waals surface area contributed by atoms with E-state index in [9.17, 15) is 0 Å². The van der Waals surface area contributed by atoms with Crippen molar-refractivity contribution in [1.29, 1.82) is 0 Å². The van der Waals surface area contributed by atoms with Crippen LogP contribution in [0.4, 0.5) is 0 Å². The molecular formula is C23H32. The van der Waals surface area contributed by atoms with Gasteiger partial charge in [0.1, 0.15) is 0 Å². The summed E-state index contributed by atoms with van der Waals surface area (Å²) < 4.78 is 0. The summed E-state index contributed by atoms with van der Waals surface area (Å²) in [7, 11) is 0. The highest BCUT2D eigenvalue weighted by molar-refractivity contribution is 5.36. The SMILES string of the molecule is CC1CCC(C#Cc2ccc(CC3CCC(C)CC3)cc2)CC1. The van der Waals surface area contributed by atoms with E-state index < -0.39 is 0 Å². The van der Waals surface area contributed by atoms with Crippen LogP contribution in [0.15, 0.2) is 24.3 Å². The molecule has 0 radical (unpaired) electrons. The molecule has 3 rings (SSSR count). The van der Waals surface area contributed by atoms with Gasteiger partial charge in [0.2, 0.25) is 0 Å². The van der Waals surface area contributed by atoms with Crippen molar-refractivity contribution >= 4 is 0 Å². The molecule has 124 valence electrons. The Morgan fingerprint density at radius 1 is 0.783 bits per heavy atom. The van der Waals surface area contributed by atoms with Crippen LogP contribution in [0.2, 0.25) is 0 Å². The van der Waals surface area contributed by atoms with Gasteiger partial charge in [-0.25, -0.2) is 0 Å². The molecule has 0 N–H and O–H groups in total. The van der Waals surface area contributed by atoms with Gasteiger partial charge in [0.25, 0.3) is 0 Å². The molecule has 1 aromatic rings. The summed E-state index contributed by atoms with van der Waals surface area (Å²) in [5.41, 5.74) is 2.70. The first-order valence-electron chi connectivity index (χ1n) is 9.79. The van der Waals surface area contributed by atoms with Crippen LogP contribution in [0, 0.1) is 35.5 Å². The van der Waals surface area contributed by atoms with Crippen LogP contribution >= 0.6 is 0 Å². The summed E-state index contributed by atoms with van der Waals surface area (Å²) in [5.74, 6) is 10.3. The van der Waals surface area contributed by atoms with Crippen LogP contribution < -0.4 is 0 Å². The van der Waals surface area contributed by atoms with Crippen LogP contribution in [0.25, 0.3) is 0 Å². The van der Waals surface area contributed by atoms with E-state index in [0.717, 1.165) is 17.8 Å². The van der Waals surface area contributed by atoms with Gasteiger partial charge in [-0.3, -0.25) is 0 Å². The molecule has 1 aromatic carbocycles. The van der Waals surface area contributed by atoms with E-state index in [1.807, 2.05) is 0 Å². The van der Waals surface area contributed by atoms with Crippen molar-refractivity contribution in [2.24, 2.45) is 23.7 Å². The molecule has 0 aromatic heterocycles. The topological polar surface area (TPSA) is 0 Å². The molecule has 0 bridgehead atoms. The second-order valence-corrected chi connectivity index (χ2v) is 8.25. The molecule has 2 fully saturated rings. The average molecular weight is 309 g/mol. The normalized spacial score (nSPS) is 31.2. The van der Waals surface area contributed by atoms with Crippen molar-refractivity contribution in [3.05, 3.63) is 35.4 Å². The average Bonchev–Trinajstić information content (AvgIpc) is 2.58. The lowest BCUT2D eigenvalue weighted by Crippen LogP contribution is -2.14. The van der Waals surface area contributed by atoms with Crippen molar-refractivity contribution in [1.82, 2.24) is 0 Å². The Morgan fingerprint density at radius 2 is 1.35 bits per heavy atom. The molecule has 2 aliphatic rings. The summed E-state index contributed by atoms with van der Waals surface area (Å²) in [6.07, 6.45) is 12.3. The van der Waals surface area contributed by atoms with Crippen molar-refractivity contribution in [2.75, 3.05) is 0 Å². The number of rotatable bonds is 2. The van der Waals surface area contributed by atoms with Crippen LogP contribution in [0.3, 0.4) is 0 Å². The minimum absolute atomic E-state index is 0.634. The van der Waals surface area contributed by atoms with Crippen LogP contribution in [-0.2, 0) is 6.42 Å². The molecule has 0 spiro atoms. The zero-order chi connectivity index (χ0) is 16.1. The standard InChI is InChI=1S/C23H32/c1-18-3-7-20(8-4-18)11-12-21-13-15-23(16-14-21)17-22-9-5-19(2)6-10-22/h13-16,18-20,22H,3-10,17H2,1-2H3. The quantitative estimate of drug-likeness (QED) is 0.568. The smallest absolute Gasteiger partial charge is 0.0245 e. The lowest BCUT2D eigenvalue weighted by atomic mass is 9.80. The molecule has 0 aliphatic heterocycles. The second-order valence-electron chi connectivity index (χ2n) is 8.25. The van der Waals surface area contributed by atoms with E-state index in [1.165, 1.54) is 68.9 Å². The first kappa shape index (κ1) is 16.6. The Balaban J connectivity index is 1.51. The first-order chi connectivity index (χ1) is 11.2. The Kier molecular flexibility index (Phi) is 5.82. The fraction of sp³-hybridized carbons (Fsp3) is 0.652. The highest BCUT2D eigenvalue weighted by Gasteiger charge is 2.18. The van der Waals surface area contributed by atoms with Gasteiger partial charge in [0.05, 0.1) is 0 Å². The molecule has 0 heteroatoms. The van der Waals surface area contributed by atoms with E-state index in [0.29, 0.717) is 5.92 Å². The van der Waals surface area contributed by atoms with Crippen molar-refractivity contribution in [3.8, 4) is 11.8 Å². The number of hydrogen-bond acceptors (Lipinski definition) is 0. The van der Waals surface area contributed by atoms with Gasteiger partial charge < -0.3 is 0 Å². The van der Waals surface area contributed by atoms with Crippen molar-refractivity contribution < 1.29 is 0 Å². The molecule has 0 nitrogen and oxygen atoms in total. The van der Waals surface area contributed by atoms with E-state index in [4.69, 9.17) is 0 Å². The molecule has 2 saturated carbocycles. The predicted octanol–water partition coefficient (Wildman–Crippen LogP) is 6.23.